The number of nitrogen functional groups attached to an aromatic ring is 1. The fourth-order valence-corrected chi connectivity index (χ4v) is 3.34. The molecule has 0 saturated carbocycles. The molecule has 1 unspecified atom stereocenters. The molecule has 0 spiro atoms. The maximum atomic E-state index is 5.84. The minimum atomic E-state index is 0.743. The van der Waals surface area contributed by atoms with E-state index in [0.717, 1.165) is 24.6 Å². The Morgan fingerprint density at radius 1 is 1.14 bits per heavy atom. The lowest BCUT2D eigenvalue weighted by atomic mass is 9.93. The van der Waals surface area contributed by atoms with Gasteiger partial charge in [0.15, 0.2) is 0 Å². The molecule has 0 radical (unpaired) electrons. The number of nitrogens with two attached hydrogens (primary N) is 1. The number of rotatable bonds is 4. The summed E-state index contributed by atoms with van der Waals surface area (Å²) in [5.74, 6) is 0.743. The van der Waals surface area contributed by atoms with Crippen LogP contribution in [0.2, 0.25) is 0 Å². The van der Waals surface area contributed by atoms with Crippen molar-refractivity contribution in [2.24, 2.45) is 5.92 Å². The van der Waals surface area contributed by atoms with E-state index in [9.17, 15) is 0 Å². The zero-order valence-corrected chi connectivity index (χ0v) is 12.8. The van der Waals surface area contributed by atoms with E-state index in [2.05, 4.69) is 48.2 Å². The predicted octanol–water partition coefficient (Wildman–Crippen LogP) is 3.90. The Morgan fingerprint density at radius 3 is 2.86 bits per heavy atom. The molecule has 1 heterocycles. The van der Waals surface area contributed by atoms with E-state index >= 15 is 0 Å². The minimum absolute atomic E-state index is 0.743. The van der Waals surface area contributed by atoms with Gasteiger partial charge in [-0.15, -0.1) is 0 Å². The van der Waals surface area contributed by atoms with Crippen LogP contribution in [-0.4, -0.2) is 13.1 Å². The quantitative estimate of drug-likeness (QED) is 0.861. The summed E-state index contributed by atoms with van der Waals surface area (Å²) in [5.41, 5.74) is 11.0. The molecule has 2 nitrogen and oxygen atoms in total. The molecule has 0 amide bonds. The summed E-state index contributed by atoms with van der Waals surface area (Å²) in [6, 6.07) is 17.1. The van der Waals surface area contributed by atoms with Crippen molar-refractivity contribution in [1.29, 1.82) is 0 Å². The molecular weight excluding hydrogens is 256 g/mol. The van der Waals surface area contributed by atoms with Gasteiger partial charge >= 0.3 is 0 Å². The highest BCUT2D eigenvalue weighted by Crippen LogP contribution is 2.29. The van der Waals surface area contributed by atoms with Gasteiger partial charge in [0, 0.05) is 24.5 Å². The fourth-order valence-electron chi connectivity index (χ4n) is 3.34. The van der Waals surface area contributed by atoms with Crippen molar-refractivity contribution in [2.45, 2.75) is 26.2 Å². The second-order valence-corrected chi connectivity index (χ2v) is 6.23. The molecule has 0 aliphatic carbocycles. The van der Waals surface area contributed by atoms with Crippen LogP contribution in [0.25, 0.3) is 0 Å². The van der Waals surface area contributed by atoms with Gasteiger partial charge in [0.05, 0.1) is 0 Å². The van der Waals surface area contributed by atoms with Gasteiger partial charge in [0.25, 0.3) is 0 Å². The molecule has 1 aliphatic heterocycles. The van der Waals surface area contributed by atoms with E-state index in [0.29, 0.717) is 0 Å². The SMILES string of the molecule is CC1Cc2ccccc2N(CCCc2cccc(N)c2)C1. The molecule has 2 N–H and O–H groups in total. The van der Waals surface area contributed by atoms with E-state index in [1.165, 1.54) is 36.2 Å². The van der Waals surface area contributed by atoms with Crippen LogP contribution in [-0.2, 0) is 12.8 Å². The molecule has 2 aromatic carbocycles. The van der Waals surface area contributed by atoms with Gasteiger partial charge in [-0.25, -0.2) is 0 Å². The van der Waals surface area contributed by atoms with Gasteiger partial charge in [-0.3, -0.25) is 0 Å². The third-order valence-electron chi connectivity index (χ3n) is 4.28. The van der Waals surface area contributed by atoms with E-state index in [-0.39, 0.29) is 0 Å². The number of hydrogen-bond acceptors (Lipinski definition) is 2. The largest absolute Gasteiger partial charge is 0.399 e. The lowest BCUT2D eigenvalue weighted by molar-refractivity contribution is 0.526. The van der Waals surface area contributed by atoms with Crippen molar-refractivity contribution in [2.75, 3.05) is 23.7 Å². The first-order chi connectivity index (χ1) is 10.2. The van der Waals surface area contributed by atoms with Gasteiger partial charge in [-0.05, 0) is 54.5 Å². The number of anilines is 2. The van der Waals surface area contributed by atoms with Gasteiger partial charge < -0.3 is 10.6 Å². The minimum Gasteiger partial charge on any atom is -0.399 e. The Bertz CT molecular complexity index is 606. The summed E-state index contributed by atoms with van der Waals surface area (Å²) < 4.78 is 0. The van der Waals surface area contributed by atoms with Crippen LogP contribution in [0.1, 0.15) is 24.5 Å². The molecule has 110 valence electrons. The highest BCUT2D eigenvalue weighted by atomic mass is 15.1. The Labute approximate surface area is 127 Å². The van der Waals surface area contributed by atoms with Crippen molar-refractivity contribution < 1.29 is 0 Å². The van der Waals surface area contributed by atoms with E-state index < -0.39 is 0 Å². The smallest absolute Gasteiger partial charge is 0.0398 e. The van der Waals surface area contributed by atoms with Gasteiger partial charge in [-0.1, -0.05) is 37.3 Å². The number of hydrogen-bond donors (Lipinski definition) is 1. The fraction of sp³-hybridized carbons (Fsp3) is 0.368. The van der Waals surface area contributed by atoms with Crippen molar-refractivity contribution in [1.82, 2.24) is 0 Å². The van der Waals surface area contributed by atoms with Crippen molar-refractivity contribution in [3.8, 4) is 0 Å². The Balaban J connectivity index is 1.63. The molecular formula is C19H24N2. The number of nitrogens with zero attached hydrogens (tertiary/aromatic N) is 1. The molecule has 2 aromatic rings. The lowest BCUT2D eigenvalue weighted by Gasteiger charge is -2.35. The number of benzene rings is 2. The first-order valence-electron chi connectivity index (χ1n) is 7.89. The molecule has 0 saturated heterocycles. The summed E-state index contributed by atoms with van der Waals surface area (Å²) in [7, 11) is 0. The third-order valence-corrected chi connectivity index (χ3v) is 4.28. The Kier molecular flexibility index (Phi) is 4.14. The van der Waals surface area contributed by atoms with Crippen LogP contribution in [0.15, 0.2) is 48.5 Å². The maximum Gasteiger partial charge on any atom is 0.0398 e. The molecule has 21 heavy (non-hydrogen) atoms. The standard InChI is InChI=1S/C19H24N2/c1-15-12-17-8-2-3-10-19(17)21(14-15)11-5-7-16-6-4-9-18(20)13-16/h2-4,6,8-10,13,15H,5,7,11-12,14,20H2,1H3. The number of fused-ring (bicyclic) bond motifs is 1. The van der Waals surface area contributed by atoms with Crippen LogP contribution < -0.4 is 10.6 Å². The topological polar surface area (TPSA) is 29.3 Å². The molecule has 0 bridgehead atoms. The average molecular weight is 280 g/mol. The summed E-state index contributed by atoms with van der Waals surface area (Å²) >= 11 is 0. The predicted molar refractivity (Wildman–Crippen MR) is 90.7 cm³/mol. The van der Waals surface area contributed by atoms with Crippen LogP contribution >= 0.6 is 0 Å². The van der Waals surface area contributed by atoms with Crippen LogP contribution in [0.3, 0.4) is 0 Å². The summed E-state index contributed by atoms with van der Waals surface area (Å²) in [6.45, 7) is 4.64. The van der Waals surface area contributed by atoms with Crippen LogP contribution in [0, 0.1) is 5.92 Å². The highest BCUT2D eigenvalue weighted by molar-refractivity contribution is 5.55. The molecule has 3 rings (SSSR count). The molecule has 1 atom stereocenters. The van der Waals surface area contributed by atoms with Gasteiger partial charge in [0.1, 0.15) is 0 Å². The second kappa shape index (κ2) is 6.21. The highest BCUT2D eigenvalue weighted by Gasteiger charge is 2.20. The molecule has 1 aliphatic rings. The summed E-state index contributed by atoms with van der Waals surface area (Å²) in [5, 5.41) is 0. The lowest BCUT2D eigenvalue weighted by Crippen LogP contribution is -2.35. The number of para-hydroxylation sites is 1. The van der Waals surface area contributed by atoms with Crippen molar-refractivity contribution in [3.63, 3.8) is 0 Å². The van der Waals surface area contributed by atoms with Crippen LogP contribution in [0.4, 0.5) is 11.4 Å². The zero-order valence-electron chi connectivity index (χ0n) is 12.8. The average Bonchev–Trinajstić information content (AvgIpc) is 2.47. The Hall–Kier alpha value is -1.96. The Morgan fingerprint density at radius 2 is 2.00 bits per heavy atom. The first-order valence-corrected chi connectivity index (χ1v) is 7.89. The van der Waals surface area contributed by atoms with Gasteiger partial charge in [-0.2, -0.15) is 0 Å². The molecule has 0 aromatic heterocycles. The zero-order chi connectivity index (χ0) is 14.7. The molecule has 2 heteroatoms. The van der Waals surface area contributed by atoms with E-state index in [1.54, 1.807) is 0 Å². The maximum absolute atomic E-state index is 5.84. The summed E-state index contributed by atoms with van der Waals surface area (Å²) in [4.78, 5) is 2.55. The number of aryl methyl sites for hydroxylation is 1. The molecule has 0 fully saturated rings. The van der Waals surface area contributed by atoms with Crippen LogP contribution in [0.5, 0.6) is 0 Å². The second-order valence-electron chi connectivity index (χ2n) is 6.23. The first kappa shape index (κ1) is 14.0. The monoisotopic (exact) mass is 280 g/mol. The van der Waals surface area contributed by atoms with Crippen molar-refractivity contribution >= 4 is 11.4 Å². The van der Waals surface area contributed by atoms with Crippen molar-refractivity contribution in [3.05, 3.63) is 59.7 Å². The summed E-state index contributed by atoms with van der Waals surface area (Å²) in [6.07, 6.45) is 3.48. The van der Waals surface area contributed by atoms with E-state index in [1.807, 2.05) is 12.1 Å². The normalized spacial score (nSPS) is 17.6. The third kappa shape index (κ3) is 3.38. The van der Waals surface area contributed by atoms with Gasteiger partial charge in [0.2, 0.25) is 0 Å². The van der Waals surface area contributed by atoms with E-state index in [4.69, 9.17) is 5.73 Å².